The van der Waals surface area contributed by atoms with Crippen molar-refractivity contribution in [1.29, 1.82) is 0 Å². The highest BCUT2D eigenvalue weighted by molar-refractivity contribution is 7.11. The number of rotatable bonds is 4. The number of benzene rings is 1. The van der Waals surface area contributed by atoms with Gasteiger partial charge in [0, 0.05) is 4.88 Å². The third kappa shape index (κ3) is 2.66. The molecule has 2 N–H and O–H groups in total. The van der Waals surface area contributed by atoms with Gasteiger partial charge in [-0.3, -0.25) is 0 Å². The van der Waals surface area contributed by atoms with E-state index in [-0.39, 0.29) is 11.8 Å². The Bertz CT molecular complexity index is 576. The van der Waals surface area contributed by atoms with Crippen molar-refractivity contribution in [2.24, 2.45) is 5.73 Å². The van der Waals surface area contributed by atoms with Crippen molar-refractivity contribution in [2.45, 2.75) is 31.9 Å². The van der Waals surface area contributed by atoms with E-state index in [1.54, 1.807) is 23.5 Å². The number of hydrogen-bond donors (Lipinski definition) is 1. The Labute approximate surface area is 119 Å². The Morgan fingerprint density at radius 2 is 1.95 bits per heavy atom. The van der Waals surface area contributed by atoms with Gasteiger partial charge in [0.1, 0.15) is 10.8 Å². The molecular weight excluding hydrogens is 282 g/mol. The summed E-state index contributed by atoms with van der Waals surface area (Å²) in [6.07, 6.45) is 3.28. The average molecular weight is 296 g/mol. The van der Waals surface area contributed by atoms with Crippen LogP contribution in [-0.2, 0) is 12.8 Å². The predicted molar refractivity (Wildman–Crippen MR) is 73.2 cm³/mol. The molecule has 3 nitrogen and oxygen atoms in total. The molecule has 1 unspecified atom stereocenters. The molecule has 1 heterocycles. The van der Waals surface area contributed by atoms with E-state index < -0.39 is 6.61 Å². The van der Waals surface area contributed by atoms with Gasteiger partial charge < -0.3 is 10.5 Å². The molecule has 1 aliphatic carbocycles. The molecule has 0 spiro atoms. The highest BCUT2D eigenvalue weighted by atomic mass is 32.1. The molecule has 1 aromatic heterocycles. The van der Waals surface area contributed by atoms with Gasteiger partial charge in [0.2, 0.25) is 0 Å². The summed E-state index contributed by atoms with van der Waals surface area (Å²) < 4.78 is 28.5. The van der Waals surface area contributed by atoms with Crippen molar-refractivity contribution < 1.29 is 13.5 Å². The first-order chi connectivity index (χ1) is 9.63. The number of aryl methyl sites for hydroxylation is 2. The molecular formula is C14H14F2N2OS. The van der Waals surface area contributed by atoms with Gasteiger partial charge in [-0.2, -0.15) is 8.78 Å². The van der Waals surface area contributed by atoms with Crippen LogP contribution in [0.15, 0.2) is 24.3 Å². The van der Waals surface area contributed by atoms with Crippen LogP contribution in [0, 0.1) is 0 Å². The van der Waals surface area contributed by atoms with Gasteiger partial charge in [-0.1, -0.05) is 12.1 Å². The smallest absolute Gasteiger partial charge is 0.387 e. The Kier molecular flexibility index (Phi) is 3.67. The number of alkyl halides is 2. The van der Waals surface area contributed by atoms with Crippen molar-refractivity contribution in [3.05, 3.63) is 45.4 Å². The van der Waals surface area contributed by atoms with Crippen LogP contribution >= 0.6 is 11.3 Å². The van der Waals surface area contributed by atoms with Gasteiger partial charge in [-0.05, 0) is 37.0 Å². The molecule has 0 saturated carbocycles. The maximum Gasteiger partial charge on any atom is 0.387 e. The minimum Gasteiger partial charge on any atom is -0.435 e. The molecule has 6 heteroatoms. The molecule has 20 heavy (non-hydrogen) atoms. The zero-order valence-corrected chi connectivity index (χ0v) is 11.5. The fourth-order valence-corrected chi connectivity index (χ4v) is 3.53. The van der Waals surface area contributed by atoms with Gasteiger partial charge in [0.25, 0.3) is 0 Å². The highest BCUT2D eigenvalue weighted by Crippen LogP contribution is 2.32. The van der Waals surface area contributed by atoms with Gasteiger partial charge in [0.05, 0.1) is 11.7 Å². The Morgan fingerprint density at radius 3 is 2.60 bits per heavy atom. The average Bonchev–Trinajstić information content (AvgIpc) is 2.98. The summed E-state index contributed by atoms with van der Waals surface area (Å²) in [6.45, 7) is -2.81. The number of nitrogens with zero attached hydrogens (tertiary/aromatic N) is 1. The first kappa shape index (κ1) is 13.5. The van der Waals surface area contributed by atoms with Gasteiger partial charge in [-0.25, -0.2) is 4.98 Å². The van der Waals surface area contributed by atoms with Crippen LogP contribution in [0.4, 0.5) is 8.78 Å². The summed E-state index contributed by atoms with van der Waals surface area (Å²) in [6, 6.07) is 6.10. The lowest BCUT2D eigenvalue weighted by molar-refractivity contribution is -0.0498. The lowest BCUT2D eigenvalue weighted by Gasteiger charge is -2.10. The fraction of sp³-hybridized carbons (Fsp3) is 0.357. The second-order valence-corrected chi connectivity index (χ2v) is 5.82. The van der Waals surface area contributed by atoms with Crippen LogP contribution in [-0.4, -0.2) is 11.6 Å². The fourth-order valence-electron chi connectivity index (χ4n) is 2.34. The van der Waals surface area contributed by atoms with E-state index >= 15 is 0 Å². The van der Waals surface area contributed by atoms with E-state index in [1.165, 1.54) is 23.4 Å². The van der Waals surface area contributed by atoms with E-state index in [1.807, 2.05) is 0 Å². The molecule has 0 aliphatic heterocycles. The monoisotopic (exact) mass is 296 g/mol. The molecule has 0 radical (unpaired) electrons. The summed E-state index contributed by atoms with van der Waals surface area (Å²) in [5, 5.41) is 0.886. The molecule has 0 saturated heterocycles. The third-order valence-electron chi connectivity index (χ3n) is 3.34. The van der Waals surface area contributed by atoms with Crippen LogP contribution in [0.2, 0.25) is 0 Å². The molecule has 0 amide bonds. The van der Waals surface area contributed by atoms with Gasteiger partial charge in [-0.15, -0.1) is 11.3 Å². The second kappa shape index (κ2) is 5.46. The highest BCUT2D eigenvalue weighted by Gasteiger charge is 2.20. The standard InChI is InChI=1S/C14H14F2N2OS/c15-14(16)19-9-6-4-8(5-7-9)12(17)13-18-10-2-1-3-11(10)20-13/h4-7,12,14H,1-3,17H2. The predicted octanol–water partition coefficient (Wildman–Crippen LogP) is 3.28. The normalized spacial score (nSPS) is 15.4. The zero-order chi connectivity index (χ0) is 14.1. The number of aromatic nitrogens is 1. The summed E-state index contributed by atoms with van der Waals surface area (Å²) in [5.41, 5.74) is 8.20. The third-order valence-corrected chi connectivity index (χ3v) is 4.58. The molecule has 0 fully saturated rings. The number of hydrogen-bond acceptors (Lipinski definition) is 4. The lowest BCUT2D eigenvalue weighted by Crippen LogP contribution is -2.12. The molecule has 1 aromatic carbocycles. The zero-order valence-electron chi connectivity index (χ0n) is 10.7. The number of ether oxygens (including phenoxy) is 1. The lowest BCUT2D eigenvalue weighted by atomic mass is 10.1. The number of fused-ring (bicyclic) bond motifs is 1. The van der Waals surface area contributed by atoms with E-state index in [0.717, 1.165) is 29.1 Å². The molecule has 1 atom stereocenters. The second-order valence-electron chi connectivity index (χ2n) is 4.70. The van der Waals surface area contributed by atoms with Crippen LogP contribution < -0.4 is 10.5 Å². The topological polar surface area (TPSA) is 48.1 Å². The van der Waals surface area contributed by atoms with Gasteiger partial charge in [0.15, 0.2) is 0 Å². The number of halogens is 2. The first-order valence-corrected chi connectivity index (χ1v) is 7.24. The van der Waals surface area contributed by atoms with Crippen molar-refractivity contribution in [2.75, 3.05) is 0 Å². The van der Waals surface area contributed by atoms with Crippen LogP contribution in [0.3, 0.4) is 0 Å². The Balaban J connectivity index is 1.77. The SMILES string of the molecule is NC(c1ccc(OC(F)F)cc1)c1nc2c(s1)CCC2. The van der Waals surface area contributed by atoms with Crippen LogP contribution in [0.25, 0.3) is 0 Å². The summed E-state index contributed by atoms with van der Waals surface area (Å²) in [4.78, 5) is 5.91. The summed E-state index contributed by atoms with van der Waals surface area (Å²) in [7, 11) is 0. The molecule has 2 aromatic rings. The van der Waals surface area contributed by atoms with Gasteiger partial charge >= 0.3 is 6.61 Å². The summed E-state index contributed by atoms with van der Waals surface area (Å²) in [5.74, 6) is 0.137. The maximum absolute atomic E-state index is 12.1. The van der Waals surface area contributed by atoms with E-state index in [2.05, 4.69) is 9.72 Å². The van der Waals surface area contributed by atoms with Crippen molar-refractivity contribution >= 4 is 11.3 Å². The van der Waals surface area contributed by atoms with E-state index in [4.69, 9.17) is 5.73 Å². The molecule has 106 valence electrons. The van der Waals surface area contributed by atoms with Crippen LogP contribution in [0.1, 0.15) is 33.6 Å². The van der Waals surface area contributed by atoms with Crippen molar-refractivity contribution in [3.8, 4) is 5.75 Å². The number of nitrogens with two attached hydrogens (primary N) is 1. The number of thiazole rings is 1. The molecule has 0 bridgehead atoms. The maximum atomic E-state index is 12.1. The molecule has 3 rings (SSSR count). The van der Waals surface area contributed by atoms with E-state index in [0.29, 0.717) is 0 Å². The molecule has 1 aliphatic rings. The largest absolute Gasteiger partial charge is 0.435 e. The minimum absolute atomic E-state index is 0.137. The van der Waals surface area contributed by atoms with E-state index in [9.17, 15) is 8.78 Å². The van der Waals surface area contributed by atoms with Crippen molar-refractivity contribution in [3.63, 3.8) is 0 Å². The summed E-state index contributed by atoms with van der Waals surface area (Å²) >= 11 is 1.65. The quantitative estimate of drug-likeness (QED) is 0.942. The Hall–Kier alpha value is -1.53. The van der Waals surface area contributed by atoms with Crippen LogP contribution in [0.5, 0.6) is 5.75 Å². The minimum atomic E-state index is -2.81. The first-order valence-electron chi connectivity index (χ1n) is 6.42. The Morgan fingerprint density at radius 1 is 1.20 bits per heavy atom. The van der Waals surface area contributed by atoms with Crippen molar-refractivity contribution in [1.82, 2.24) is 4.98 Å².